The van der Waals surface area contributed by atoms with Crippen LogP contribution < -0.4 is 9.75 Å². The lowest BCUT2D eigenvalue weighted by Crippen LogP contribution is -2.30. The second-order valence-corrected chi connectivity index (χ2v) is 6.78. The van der Waals surface area contributed by atoms with E-state index in [1.54, 1.807) is 0 Å². The third kappa shape index (κ3) is 3.16. The fourth-order valence-electron chi connectivity index (χ4n) is 3.36. The summed E-state index contributed by atoms with van der Waals surface area (Å²) >= 11 is 0. The Labute approximate surface area is 150 Å². The Morgan fingerprint density at radius 2 is 1.80 bits per heavy atom. The maximum Gasteiger partial charge on any atom is 0.212 e. The molecule has 0 amide bonds. The second-order valence-electron chi connectivity index (χ2n) is 6.78. The van der Waals surface area contributed by atoms with Crippen LogP contribution in [0.1, 0.15) is 26.3 Å². The molecule has 0 unspecified atom stereocenters. The second kappa shape index (κ2) is 6.71. The van der Waals surface area contributed by atoms with Gasteiger partial charge in [0.15, 0.2) is 0 Å². The minimum atomic E-state index is -0.0610. The van der Waals surface area contributed by atoms with Crippen LogP contribution in [0.15, 0.2) is 53.6 Å². The lowest BCUT2D eigenvalue weighted by atomic mass is 9.82. The fraction of sp³-hybridized carbons (Fsp3) is 0.333. The molecule has 1 aliphatic heterocycles. The van der Waals surface area contributed by atoms with Crippen LogP contribution in [0.2, 0.25) is 0 Å². The maximum atomic E-state index is 5.49. The first-order valence-corrected chi connectivity index (χ1v) is 8.66. The average molecular weight is 336 g/mol. The summed E-state index contributed by atoms with van der Waals surface area (Å²) in [5.74, 6) is 0.880. The highest BCUT2D eigenvalue weighted by Crippen LogP contribution is 2.38. The van der Waals surface area contributed by atoms with Crippen molar-refractivity contribution in [2.24, 2.45) is 5.10 Å². The lowest BCUT2D eigenvalue weighted by Gasteiger charge is -2.16. The van der Waals surface area contributed by atoms with Crippen LogP contribution in [0.4, 0.5) is 11.4 Å². The number of anilines is 1. The summed E-state index contributed by atoms with van der Waals surface area (Å²) in [6.07, 6.45) is 1.97. The maximum absolute atomic E-state index is 5.49. The van der Waals surface area contributed by atoms with Gasteiger partial charge in [0.05, 0.1) is 17.7 Å². The number of fused-ring (bicyclic) bond motifs is 1. The van der Waals surface area contributed by atoms with E-state index in [2.05, 4.69) is 54.8 Å². The van der Waals surface area contributed by atoms with E-state index >= 15 is 0 Å². The predicted molar refractivity (Wildman–Crippen MR) is 105 cm³/mol. The number of hydrogen-bond acceptors (Lipinski definition) is 3. The predicted octanol–water partition coefficient (Wildman–Crippen LogP) is 4.21. The molecule has 1 heterocycles. The van der Waals surface area contributed by atoms with Gasteiger partial charge >= 0.3 is 0 Å². The molecule has 3 rings (SSSR count). The number of hydrazone groups is 1. The van der Waals surface area contributed by atoms with Crippen molar-refractivity contribution in [3.8, 4) is 5.75 Å². The highest BCUT2D eigenvalue weighted by Gasteiger charge is 2.43. The molecule has 0 atom stereocenters. The Morgan fingerprint density at radius 3 is 2.44 bits per heavy atom. The molecule has 0 saturated carbocycles. The first-order chi connectivity index (χ1) is 11.9. The number of benzene rings is 2. The minimum Gasteiger partial charge on any atom is -0.494 e. The van der Waals surface area contributed by atoms with E-state index in [0.717, 1.165) is 11.4 Å². The van der Waals surface area contributed by atoms with Gasteiger partial charge in [0, 0.05) is 18.7 Å². The summed E-state index contributed by atoms with van der Waals surface area (Å²) in [6, 6.07) is 16.5. The molecule has 0 fully saturated rings. The third-order valence-corrected chi connectivity index (χ3v) is 4.82. The third-order valence-electron chi connectivity index (χ3n) is 4.82. The van der Waals surface area contributed by atoms with Crippen molar-refractivity contribution in [3.63, 3.8) is 0 Å². The van der Waals surface area contributed by atoms with Gasteiger partial charge in [-0.25, -0.2) is 0 Å². The van der Waals surface area contributed by atoms with Gasteiger partial charge in [-0.2, -0.15) is 9.68 Å². The van der Waals surface area contributed by atoms with Crippen molar-refractivity contribution >= 4 is 23.3 Å². The van der Waals surface area contributed by atoms with Crippen molar-refractivity contribution in [2.75, 3.05) is 25.7 Å². The van der Waals surface area contributed by atoms with Crippen molar-refractivity contribution in [3.05, 3.63) is 54.1 Å². The van der Waals surface area contributed by atoms with Crippen LogP contribution in [-0.4, -0.2) is 37.2 Å². The Hall–Kier alpha value is -2.62. The standard InChI is InChI=1S/C21H26N3O/c1-6-25-17-13-11-16(12-14-17)24(5)22-15-20-21(2,3)18-9-7-8-10-19(18)23(20)4/h7-15H,6H2,1-5H3/q+1. The quantitative estimate of drug-likeness (QED) is 0.465. The number of para-hydroxylation sites is 1. The molecule has 4 heteroatoms. The van der Waals surface area contributed by atoms with E-state index in [4.69, 9.17) is 4.74 Å². The molecule has 1 aliphatic rings. The zero-order valence-electron chi connectivity index (χ0n) is 15.7. The first-order valence-electron chi connectivity index (χ1n) is 8.66. The van der Waals surface area contributed by atoms with Crippen LogP contribution in [0.5, 0.6) is 5.75 Å². The van der Waals surface area contributed by atoms with Gasteiger partial charge < -0.3 is 4.74 Å². The van der Waals surface area contributed by atoms with Crippen LogP contribution in [0, 0.1) is 0 Å². The largest absolute Gasteiger partial charge is 0.494 e. The summed E-state index contributed by atoms with van der Waals surface area (Å²) in [5.41, 5.74) is 4.73. The highest BCUT2D eigenvalue weighted by atomic mass is 16.5. The van der Waals surface area contributed by atoms with Crippen LogP contribution in [-0.2, 0) is 5.41 Å². The highest BCUT2D eigenvalue weighted by molar-refractivity contribution is 6.33. The Bertz CT molecular complexity index is 819. The molecule has 4 nitrogen and oxygen atoms in total. The van der Waals surface area contributed by atoms with Crippen LogP contribution in [0.3, 0.4) is 0 Å². The topological polar surface area (TPSA) is 27.8 Å². The molecule has 0 aromatic heterocycles. The molecule has 0 N–H and O–H groups in total. The van der Waals surface area contributed by atoms with E-state index < -0.39 is 0 Å². The van der Waals surface area contributed by atoms with Gasteiger partial charge in [-0.1, -0.05) is 18.2 Å². The van der Waals surface area contributed by atoms with Crippen molar-refractivity contribution < 1.29 is 9.31 Å². The monoisotopic (exact) mass is 336 g/mol. The lowest BCUT2D eigenvalue weighted by molar-refractivity contribution is -0.400. The molecule has 2 aromatic carbocycles. The zero-order chi connectivity index (χ0) is 18.0. The van der Waals surface area contributed by atoms with Gasteiger partial charge in [-0.05, 0) is 45.0 Å². The summed E-state index contributed by atoms with van der Waals surface area (Å²) in [5, 5.41) is 6.55. The smallest absolute Gasteiger partial charge is 0.212 e. The average Bonchev–Trinajstić information content (AvgIpc) is 2.81. The van der Waals surface area contributed by atoms with Crippen molar-refractivity contribution in [1.29, 1.82) is 0 Å². The Morgan fingerprint density at radius 1 is 1.12 bits per heavy atom. The minimum absolute atomic E-state index is 0.0610. The van der Waals surface area contributed by atoms with Crippen LogP contribution >= 0.6 is 0 Å². The summed E-state index contributed by atoms with van der Waals surface area (Å²) in [4.78, 5) is 0. The van der Waals surface area contributed by atoms with Gasteiger partial charge in [0.25, 0.3) is 0 Å². The normalized spacial score (nSPS) is 15.6. The Kier molecular flexibility index (Phi) is 4.62. The van der Waals surface area contributed by atoms with E-state index in [1.807, 2.05) is 49.5 Å². The number of rotatable bonds is 5. The number of nitrogens with zero attached hydrogens (tertiary/aromatic N) is 3. The van der Waals surface area contributed by atoms with E-state index in [9.17, 15) is 0 Å². The Balaban J connectivity index is 1.83. The molecule has 25 heavy (non-hydrogen) atoms. The SMILES string of the molecule is CCOc1ccc(N(C)/N=C/C2=[N+](C)c3ccccc3C2(C)C)cc1. The van der Waals surface area contributed by atoms with E-state index in [0.29, 0.717) is 6.61 Å². The number of ether oxygens (including phenoxy) is 1. The van der Waals surface area contributed by atoms with Gasteiger partial charge in [-0.3, -0.25) is 5.01 Å². The van der Waals surface area contributed by atoms with Gasteiger partial charge in [0.1, 0.15) is 19.0 Å². The fourth-order valence-corrected chi connectivity index (χ4v) is 3.36. The molecule has 0 bridgehead atoms. The van der Waals surface area contributed by atoms with Crippen molar-refractivity contribution in [2.45, 2.75) is 26.2 Å². The molecule has 0 radical (unpaired) electrons. The molecule has 0 spiro atoms. The summed E-state index contributed by atoms with van der Waals surface area (Å²) < 4.78 is 7.72. The molecule has 2 aromatic rings. The van der Waals surface area contributed by atoms with Gasteiger partial charge in [-0.15, -0.1) is 0 Å². The molecular weight excluding hydrogens is 310 g/mol. The molecular formula is C21H26N3O+. The zero-order valence-corrected chi connectivity index (χ0v) is 15.7. The van der Waals surface area contributed by atoms with Crippen molar-refractivity contribution in [1.82, 2.24) is 0 Å². The van der Waals surface area contributed by atoms with Gasteiger partial charge in [0.2, 0.25) is 11.4 Å². The first kappa shape index (κ1) is 17.2. The summed E-state index contributed by atoms with van der Waals surface area (Å²) in [7, 11) is 4.06. The molecule has 130 valence electrons. The van der Waals surface area contributed by atoms with E-state index in [-0.39, 0.29) is 5.41 Å². The molecule has 0 saturated heterocycles. The molecule has 0 aliphatic carbocycles. The number of hydrogen-bond donors (Lipinski definition) is 0. The van der Waals surface area contributed by atoms with E-state index in [1.165, 1.54) is 17.0 Å². The summed E-state index contributed by atoms with van der Waals surface area (Å²) in [6.45, 7) is 7.15. The van der Waals surface area contributed by atoms with Crippen LogP contribution in [0.25, 0.3) is 0 Å².